The third-order valence-corrected chi connectivity index (χ3v) is 2.73. The first kappa shape index (κ1) is 42.8. The fourth-order valence-electron chi connectivity index (χ4n) is 0.895. The largest absolute Gasteiger partial charge is 1.00 e. The van der Waals surface area contributed by atoms with Gasteiger partial charge >= 0.3 is 118 Å². The molecule has 0 heterocycles. The van der Waals surface area contributed by atoms with Gasteiger partial charge < -0.3 is 58.5 Å². The van der Waals surface area contributed by atoms with E-state index in [0.29, 0.717) is 0 Å². The second-order valence-corrected chi connectivity index (χ2v) is 5.74. The number of phosphoric ester groups is 2. The van der Waals surface area contributed by atoms with Gasteiger partial charge in [0.05, 0.1) is 22.3 Å². The third-order valence-electron chi connectivity index (χ3n) is 1.82. The number of rotatable bonds is 9. The number of Topliss-reactive ketones (excluding diaryl/α,β-unsaturated/α-hetero) is 1. The number of aliphatic hydroxyl groups excluding tert-OH is 3. The minimum atomic E-state index is -5.47. The van der Waals surface area contributed by atoms with Gasteiger partial charge in [0, 0.05) is 0 Å². The van der Waals surface area contributed by atoms with Crippen molar-refractivity contribution in [2.24, 2.45) is 0 Å². The van der Waals surface area contributed by atoms with Gasteiger partial charge in [0.1, 0.15) is 24.9 Å². The molecule has 5 N–H and O–H groups in total. The van der Waals surface area contributed by atoms with E-state index in [4.69, 9.17) is 10.2 Å². The minimum absolute atomic E-state index is 0. The van der Waals surface area contributed by atoms with Crippen molar-refractivity contribution in [3.8, 4) is 0 Å². The molecule has 0 rings (SSSR count). The molecule has 0 saturated heterocycles. The summed E-state index contributed by atoms with van der Waals surface area (Å²) in [5.41, 5.74) is 0. The Morgan fingerprint density at radius 1 is 0.880 bits per heavy atom. The molecule has 25 heavy (non-hydrogen) atoms. The summed E-state index contributed by atoms with van der Waals surface area (Å²) >= 11 is 0. The van der Waals surface area contributed by atoms with Crippen molar-refractivity contribution >= 4 is 21.4 Å². The Balaban J connectivity index is -0.000000180. The minimum Gasteiger partial charge on any atom is -0.790 e. The molecule has 0 unspecified atom stereocenters. The summed E-state index contributed by atoms with van der Waals surface area (Å²) < 4.78 is 27.3. The molecule has 0 aliphatic carbocycles. The SMILES string of the molecule is O.O=C(COP(=O)([O-])[O-])[C@@H](O)[C@H](O)[C@H](O)COP(=O)([O-])[O-].[Na+].[Na+].[Na+].[Na+]. The van der Waals surface area contributed by atoms with E-state index in [1.54, 1.807) is 0 Å². The summed E-state index contributed by atoms with van der Waals surface area (Å²) in [6, 6.07) is 0. The average molecular weight is 446 g/mol. The van der Waals surface area contributed by atoms with Gasteiger partial charge in [-0.3, -0.25) is 4.79 Å². The van der Waals surface area contributed by atoms with E-state index in [9.17, 15) is 38.6 Å². The molecule has 0 amide bonds. The van der Waals surface area contributed by atoms with Gasteiger partial charge in [-0.05, 0) is 0 Å². The predicted octanol–water partition coefficient (Wildman–Crippen LogP) is -18.5. The van der Waals surface area contributed by atoms with Crippen LogP contribution in [0.25, 0.3) is 0 Å². The van der Waals surface area contributed by atoms with Crippen LogP contribution in [-0.4, -0.2) is 58.1 Å². The second-order valence-electron chi connectivity index (χ2n) is 3.43. The van der Waals surface area contributed by atoms with Gasteiger partial charge in [0.2, 0.25) is 0 Å². The van der Waals surface area contributed by atoms with Crippen molar-refractivity contribution in [1.82, 2.24) is 0 Å². The molecule has 0 aromatic carbocycles. The fourth-order valence-corrected chi connectivity index (χ4v) is 1.52. The zero-order valence-electron chi connectivity index (χ0n) is 14.1. The topological polar surface area (TPSA) is 254 Å². The zero-order chi connectivity index (χ0) is 16.1. The molecular formula is C6H12Na4O13P2. The van der Waals surface area contributed by atoms with Crippen molar-refractivity contribution in [2.75, 3.05) is 13.2 Å². The van der Waals surface area contributed by atoms with Gasteiger partial charge in [0.15, 0.2) is 5.78 Å². The second kappa shape index (κ2) is 19.7. The number of hydrogen-bond donors (Lipinski definition) is 3. The summed E-state index contributed by atoms with van der Waals surface area (Å²) in [4.78, 5) is 51.4. The van der Waals surface area contributed by atoms with E-state index in [0.717, 1.165) is 0 Å². The zero-order valence-corrected chi connectivity index (χ0v) is 23.8. The molecule has 0 bridgehead atoms. The molecule has 13 nitrogen and oxygen atoms in total. The van der Waals surface area contributed by atoms with Crippen molar-refractivity contribution in [1.29, 1.82) is 0 Å². The average Bonchev–Trinajstić information content (AvgIpc) is 2.29. The summed E-state index contributed by atoms with van der Waals surface area (Å²) in [6.45, 7) is -2.63. The molecule has 3 atom stereocenters. The Morgan fingerprint density at radius 2 is 1.24 bits per heavy atom. The van der Waals surface area contributed by atoms with Crippen LogP contribution in [0.2, 0.25) is 0 Å². The molecule has 19 heteroatoms. The van der Waals surface area contributed by atoms with Crippen molar-refractivity contribution in [2.45, 2.75) is 18.3 Å². The van der Waals surface area contributed by atoms with Gasteiger partial charge in [-0.1, -0.05) is 0 Å². The first-order chi connectivity index (χ1) is 8.83. The molecule has 0 aromatic rings. The van der Waals surface area contributed by atoms with E-state index in [1.807, 2.05) is 0 Å². The molecular weight excluding hydrogens is 434 g/mol. The van der Waals surface area contributed by atoms with E-state index < -0.39 is 53.0 Å². The fraction of sp³-hybridized carbons (Fsp3) is 0.833. The number of phosphoric acid groups is 2. The summed E-state index contributed by atoms with van der Waals surface area (Å²) in [5.74, 6) is -1.48. The van der Waals surface area contributed by atoms with Crippen LogP contribution >= 0.6 is 15.6 Å². The number of carbonyl (C=O) groups is 1. The smallest absolute Gasteiger partial charge is 0.790 e. The van der Waals surface area contributed by atoms with Crippen LogP contribution in [0, 0.1) is 0 Å². The quantitative estimate of drug-likeness (QED) is 0.220. The van der Waals surface area contributed by atoms with E-state index in [-0.39, 0.29) is 124 Å². The Morgan fingerprint density at radius 3 is 1.56 bits per heavy atom. The first-order valence-electron chi connectivity index (χ1n) is 4.73. The van der Waals surface area contributed by atoms with Crippen molar-refractivity contribution in [3.63, 3.8) is 0 Å². The van der Waals surface area contributed by atoms with Crippen LogP contribution in [0.15, 0.2) is 0 Å². The number of aliphatic hydroxyl groups is 3. The number of carbonyl (C=O) groups excluding carboxylic acids is 1. The molecule has 0 spiro atoms. The standard InChI is InChI=1S/C6H14O12P2.4Na.H2O/c7-3(1-17-19(11,12)13)5(9)6(10)4(8)2-18-20(14,15)16;;;;;/h3,5-7,9-10H,1-2H2,(H2,11,12,13)(H2,14,15,16);;;;;1H2/q;4*+1;/p-4/t3-,5-,6-;;;;;/m1...../s1. The Bertz CT molecular complexity index is 427. The summed E-state index contributed by atoms with van der Waals surface area (Å²) in [7, 11) is -10.9. The normalized spacial score (nSPS) is 14.0. The van der Waals surface area contributed by atoms with Crippen LogP contribution in [0.4, 0.5) is 0 Å². The van der Waals surface area contributed by atoms with Crippen LogP contribution in [0.5, 0.6) is 0 Å². The monoisotopic (exact) mass is 446 g/mol. The molecule has 0 saturated carbocycles. The van der Waals surface area contributed by atoms with Gasteiger partial charge in [-0.2, -0.15) is 0 Å². The summed E-state index contributed by atoms with van der Waals surface area (Å²) in [5, 5.41) is 27.5. The van der Waals surface area contributed by atoms with Crippen LogP contribution < -0.4 is 138 Å². The van der Waals surface area contributed by atoms with Gasteiger partial charge in [-0.15, -0.1) is 0 Å². The predicted molar refractivity (Wildman–Crippen MR) is 53.8 cm³/mol. The maximum Gasteiger partial charge on any atom is 1.00 e. The van der Waals surface area contributed by atoms with Crippen LogP contribution in [0.1, 0.15) is 0 Å². The van der Waals surface area contributed by atoms with E-state index in [2.05, 4.69) is 9.05 Å². The van der Waals surface area contributed by atoms with Crippen molar-refractivity contribution in [3.05, 3.63) is 0 Å². The molecule has 0 radical (unpaired) electrons. The van der Waals surface area contributed by atoms with Gasteiger partial charge in [-0.25, -0.2) is 0 Å². The number of hydrogen-bond acceptors (Lipinski definition) is 12. The molecule has 128 valence electrons. The Hall–Kier alpha value is 3.73. The molecule has 0 aliphatic rings. The van der Waals surface area contributed by atoms with E-state index >= 15 is 0 Å². The Labute approximate surface area is 231 Å². The van der Waals surface area contributed by atoms with E-state index in [1.165, 1.54) is 0 Å². The first-order valence-corrected chi connectivity index (χ1v) is 7.65. The molecule has 0 fully saturated rings. The third kappa shape index (κ3) is 23.9. The van der Waals surface area contributed by atoms with Crippen LogP contribution in [0.3, 0.4) is 0 Å². The maximum absolute atomic E-state index is 11.1. The van der Waals surface area contributed by atoms with Crippen LogP contribution in [-0.2, 0) is 23.0 Å². The van der Waals surface area contributed by atoms with Gasteiger partial charge in [0.25, 0.3) is 0 Å². The summed E-state index contributed by atoms with van der Waals surface area (Å²) in [6.07, 6.45) is -6.83. The molecule has 0 aliphatic heterocycles. The maximum atomic E-state index is 11.1. The molecule has 0 aromatic heterocycles. The Kier molecular flexibility index (Phi) is 33.7. The number of ketones is 1. The van der Waals surface area contributed by atoms with Crippen molar-refractivity contribution < 1.29 is 182 Å².